The number of amides is 1. The van der Waals surface area contributed by atoms with Gasteiger partial charge in [-0.3, -0.25) is 9.89 Å². The van der Waals surface area contributed by atoms with E-state index in [2.05, 4.69) is 63.1 Å². The van der Waals surface area contributed by atoms with Gasteiger partial charge in [0.25, 0.3) is 5.91 Å². The van der Waals surface area contributed by atoms with Crippen LogP contribution in [-0.4, -0.2) is 22.6 Å². The van der Waals surface area contributed by atoms with E-state index in [4.69, 9.17) is 5.73 Å². The van der Waals surface area contributed by atoms with Crippen LogP contribution in [0.1, 0.15) is 15.9 Å². The average molecular weight is 480 g/mol. The summed E-state index contributed by atoms with van der Waals surface area (Å²) in [6, 6.07) is 20.2. The predicted octanol–water partition coefficient (Wildman–Crippen LogP) is 4.62. The maximum Gasteiger partial charge on any atom is 0.259 e. The Labute approximate surface area is 175 Å². The van der Waals surface area contributed by atoms with Gasteiger partial charge >= 0.3 is 0 Å². The van der Waals surface area contributed by atoms with Crippen LogP contribution in [-0.2, 0) is 6.42 Å². The normalized spacial score (nSPS) is 13.8. The van der Waals surface area contributed by atoms with E-state index in [9.17, 15) is 4.79 Å². The lowest BCUT2D eigenvalue weighted by atomic mass is 9.90. The average Bonchev–Trinajstić information content (AvgIpc) is 3.09. The number of nitrogens with two attached hydrogens (primary N) is 1. The summed E-state index contributed by atoms with van der Waals surface area (Å²) in [5.41, 5.74) is 11.6. The number of H-pyrrole nitrogens is 1. The number of fused-ring (bicyclic) bond motifs is 2. The van der Waals surface area contributed by atoms with Crippen molar-refractivity contribution in [3.05, 3.63) is 75.4 Å². The molecule has 1 amide bonds. The van der Waals surface area contributed by atoms with Crippen molar-refractivity contribution in [3.8, 4) is 11.1 Å². The van der Waals surface area contributed by atoms with Crippen molar-refractivity contribution in [1.29, 1.82) is 0 Å². The van der Waals surface area contributed by atoms with Gasteiger partial charge in [-0.05, 0) is 76.0 Å². The number of halogens is 1. The van der Waals surface area contributed by atoms with E-state index in [-0.39, 0.29) is 5.91 Å². The Hall–Kier alpha value is -2.87. The summed E-state index contributed by atoms with van der Waals surface area (Å²) in [4.78, 5) is 15.3. The van der Waals surface area contributed by atoms with Crippen LogP contribution in [0.3, 0.4) is 0 Å². The van der Waals surface area contributed by atoms with Gasteiger partial charge in [-0.25, -0.2) is 0 Å². The van der Waals surface area contributed by atoms with Crippen molar-refractivity contribution in [2.75, 3.05) is 17.2 Å². The maximum absolute atomic E-state index is 13.5. The molecule has 138 valence electrons. The first-order chi connectivity index (χ1) is 13.6. The molecule has 1 aromatic heterocycles. The fraction of sp³-hybridized carbons (Fsp3) is 0.0909. The van der Waals surface area contributed by atoms with E-state index in [1.54, 1.807) is 0 Å². The molecule has 0 saturated heterocycles. The van der Waals surface area contributed by atoms with Crippen molar-refractivity contribution >= 4 is 50.9 Å². The van der Waals surface area contributed by atoms with Gasteiger partial charge in [0.15, 0.2) is 5.82 Å². The summed E-state index contributed by atoms with van der Waals surface area (Å²) in [7, 11) is 0. The molecule has 0 atom stereocenters. The van der Waals surface area contributed by atoms with Crippen LogP contribution >= 0.6 is 22.6 Å². The molecule has 1 aliphatic heterocycles. The van der Waals surface area contributed by atoms with E-state index in [0.29, 0.717) is 12.4 Å². The van der Waals surface area contributed by atoms with E-state index >= 15 is 0 Å². The Kier molecular flexibility index (Phi) is 4.08. The van der Waals surface area contributed by atoms with Gasteiger partial charge < -0.3 is 10.6 Å². The number of carbonyl (C=O) groups is 1. The summed E-state index contributed by atoms with van der Waals surface area (Å²) in [5.74, 6) is 0.470. The fourth-order valence-electron chi connectivity index (χ4n) is 3.84. The molecule has 5 rings (SSSR count). The number of hydrogen-bond donors (Lipinski definition) is 2. The van der Waals surface area contributed by atoms with Crippen LogP contribution in [0.25, 0.3) is 22.0 Å². The summed E-state index contributed by atoms with van der Waals surface area (Å²) in [5, 5.41) is 7.78. The molecule has 1 aliphatic rings. The highest BCUT2D eigenvalue weighted by Gasteiger charge is 2.28. The first-order valence-corrected chi connectivity index (χ1v) is 10.1. The second-order valence-corrected chi connectivity index (χ2v) is 8.14. The summed E-state index contributed by atoms with van der Waals surface area (Å²) >= 11 is 2.29. The minimum absolute atomic E-state index is 0.0248. The Morgan fingerprint density at radius 2 is 1.89 bits per heavy atom. The van der Waals surface area contributed by atoms with Gasteiger partial charge in [-0.15, -0.1) is 0 Å². The van der Waals surface area contributed by atoms with Crippen molar-refractivity contribution < 1.29 is 4.79 Å². The highest BCUT2D eigenvalue weighted by molar-refractivity contribution is 14.1. The van der Waals surface area contributed by atoms with E-state index in [0.717, 1.165) is 45.3 Å². The molecule has 0 aliphatic carbocycles. The Morgan fingerprint density at radius 3 is 2.71 bits per heavy atom. The molecule has 0 fully saturated rings. The third kappa shape index (κ3) is 2.75. The first kappa shape index (κ1) is 17.2. The van der Waals surface area contributed by atoms with Gasteiger partial charge in [0.05, 0.1) is 11.1 Å². The number of aromatic nitrogens is 2. The van der Waals surface area contributed by atoms with Crippen LogP contribution in [0.15, 0.2) is 60.7 Å². The molecule has 28 heavy (non-hydrogen) atoms. The van der Waals surface area contributed by atoms with Crippen LogP contribution < -0.4 is 10.6 Å². The number of benzene rings is 3. The molecular formula is C22H17IN4O. The maximum atomic E-state index is 13.5. The first-order valence-electron chi connectivity index (χ1n) is 9.05. The Balaban J connectivity index is 1.61. The lowest BCUT2D eigenvalue weighted by molar-refractivity contribution is 0.0981. The molecule has 0 saturated carbocycles. The molecule has 0 radical (unpaired) electrons. The molecule has 0 unspecified atom stereocenters. The lowest BCUT2D eigenvalue weighted by Gasteiger charge is -2.30. The minimum atomic E-state index is 0.0248. The number of hydrogen-bond acceptors (Lipinski definition) is 3. The fourth-order valence-corrected chi connectivity index (χ4v) is 4.20. The zero-order valence-electron chi connectivity index (χ0n) is 14.9. The quantitative estimate of drug-likeness (QED) is 0.412. The summed E-state index contributed by atoms with van der Waals surface area (Å²) in [6.45, 7) is 0.644. The molecular weight excluding hydrogens is 463 g/mol. The number of anilines is 2. The molecule has 6 heteroatoms. The van der Waals surface area contributed by atoms with Crippen LogP contribution in [0.2, 0.25) is 0 Å². The second kappa shape index (κ2) is 6.63. The summed E-state index contributed by atoms with van der Waals surface area (Å²) in [6.07, 6.45) is 0.818. The van der Waals surface area contributed by atoms with Gasteiger partial charge in [-0.2, -0.15) is 5.10 Å². The van der Waals surface area contributed by atoms with Gasteiger partial charge in [0, 0.05) is 21.2 Å². The van der Waals surface area contributed by atoms with E-state index in [1.807, 2.05) is 35.2 Å². The van der Waals surface area contributed by atoms with E-state index < -0.39 is 0 Å². The number of nitrogens with zero attached hydrogens (tertiary/aromatic N) is 2. The molecule has 5 nitrogen and oxygen atoms in total. The third-order valence-electron chi connectivity index (χ3n) is 5.26. The Bertz CT molecular complexity index is 1210. The predicted molar refractivity (Wildman–Crippen MR) is 120 cm³/mol. The molecule has 0 spiro atoms. The topological polar surface area (TPSA) is 75.0 Å². The second-order valence-electron chi connectivity index (χ2n) is 6.89. The highest BCUT2D eigenvalue weighted by atomic mass is 127. The minimum Gasteiger partial charge on any atom is -0.382 e. The van der Waals surface area contributed by atoms with Gasteiger partial charge in [0.1, 0.15) is 0 Å². The van der Waals surface area contributed by atoms with Gasteiger partial charge in [0.2, 0.25) is 0 Å². The molecule has 2 heterocycles. The number of nitrogens with one attached hydrogen (secondary N) is 1. The van der Waals surface area contributed by atoms with Crippen molar-refractivity contribution in [1.82, 2.24) is 10.2 Å². The van der Waals surface area contributed by atoms with Crippen molar-refractivity contribution in [2.45, 2.75) is 6.42 Å². The smallest absolute Gasteiger partial charge is 0.259 e. The molecule has 0 bridgehead atoms. The standard InChI is InChI=1S/C22H17IN4O/c23-15-6-4-13(5-7-15)17-3-1-2-14-10-11-27(22(28)20(14)17)16-8-9-19-18(12-16)21(24)26-25-19/h1-9,12H,10-11H2,(H3,24,25,26). The highest BCUT2D eigenvalue weighted by Crippen LogP contribution is 2.34. The van der Waals surface area contributed by atoms with Crippen LogP contribution in [0.4, 0.5) is 11.5 Å². The van der Waals surface area contributed by atoms with Crippen LogP contribution in [0.5, 0.6) is 0 Å². The monoisotopic (exact) mass is 480 g/mol. The SMILES string of the molecule is Nc1n[nH]c2ccc(N3CCc4cccc(-c5ccc(I)cc5)c4C3=O)cc12. The van der Waals surface area contributed by atoms with Crippen molar-refractivity contribution in [3.63, 3.8) is 0 Å². The van der Waals surface area contributed by atoms with Gasteiger partial charge in [-0.1, -0.05) is 30.3 Å². The summed E-state index contributed by atoms with van der Waals surface area (Å²) < 4.78 is 1.17. The third-order valence-corrected chi connectivity index (χ3v) is 5.98. The number of nitrogen functional groups attached to an aromatic ring is 1. The lowest BCUT2D eigenvalue weighted by Crippen LogP contribution is -2.38. The number of carbonyl (C=O) groups excluding carboxylic acids is 1. The zero-order valence-corrected chi connectivity index (χ0v) is 17.1. The molecule has 3 aromatic carbocycles. The number of aromatic amines is 1. The van der Waals surface area contributed by atoms with Crippen LogP contribution in [0, 0.1) is 3.57 Å². The van der Waals surface area contributed by atoms with E-state index in [1.165, 1.54) is 3.57 Å². The Morgan fingerprint density at radius 1 is 1.07 bits per heavy atom. The molecule has 4 aromatic rings. The number of rotatable bonds is 2. The van der Waals surface area contributed by atoms with Crippen molar-refractivity contribution in [2.24, 2.45) is 0 Å². The molecule has 3 N–H and O–H groups in total. The zero-order chi connectivity index (χ0) is 19.3. The largest absolute Gasteiger partial charge is 0.382 e.